The number of morpholine rings is 1. The van der Waals surface area contributed by atoms with Crippen LogP contribution in [0.25, 0.3) is 0 Å². The molecule has 0 saturated carbocycles. The van der Waals surface area contributed by atoms with Crippen molar-refractivity contribution in [2.24, 2.45) is 0 Å². The molecular weight excluding hydrogens is 359 g/mol. The number of carbonyl (C=O) groups excluding carboxylic acids is 1. The first-order valence-corrected chi connectivity index (χ1v) is 8.64. The number of amides is 1. The number of hydrogen-bond donors (Lipinski definition) is 1. The number of hydrogen-bond acceptors (Lipinski definition) is 3. The SMILES string of the molecule is Cc1ccccc1C(=O)N[C@H](N1C[C@@H](C)O[C@H](C)C1)C(Cl)(Cl)Cl. The molecule has 1 amide bonds. The minimum Gasteiger partial charge on any atom is -0.373 e. The number of nitrogens with zero attached hydrogens (tertiary/aromatic N) is 1. The van der Waals surface area contributed by atoms with Crippen molar-refractivity contribution in [3.63, 3.8) is 0 Å². The summed E-state index contributed by atoms with van der Waals surface area (Å²) in [7, 11) is 0. The molecule has 1 aliphatic heterocycles. The van der Waals surface area contributed by atoms with Crippen molar-refractivity contribution >= 4 is 40.7 Å². The molecule has 0 aliphatic carbocycles. The Morgan fingerprint density at radius 2 is 1.83 bits per heavy atom. The smallest absolute Gasteiger partial charge is 0.252 e. The third kappa shape index (κ3) is 4.97. The summed E-state index contributed by atoms with van der Waals surface area (Å²) in [5.41, 5.74) is 1.44. The molecule has 1 N–H and O–H groups in total. The van der Waals surface area contributed by atoms with Gasteiger partial charge in [0.25, 0.3) is 5.91 Å². The molecule has 0 bridgehead atoms. The fourth-order valence-electron chi connectivity index (χ4n) is 2.84. The average molecular weight is 380 g/mol. The highest BCUT2D eigenvalue weighted by Crippen LogP contribution is 2.33. The molecule has 1 aromatic rings. The Bertz CT molecular complexity index is 553. The van der Waals surface area contributed by atoms with Gasteiger partial charge in [0.05, 0.1) is 12.2 Å². The van der Waals surface area contributed by atoms with Gasteiger partial charge in [-0.2, -0.15) is 0 Å². The summed E-state index contributed by atoms with van der Waals surface area (Å²) in [6.07, 6.45) is -0.721. The Kier molecular flexibility index (Phi) is 6.20. The summed E-state index contributed by atoms with van der Waals surface area (Å²) in [5, 5.41) is 2.86. The lowest BCUT2D eigenvalue weighted by Crippen LogP contribution is -2.60. The number of ether oxygens (including phenoxy) is 1. The third-order valence-corrected chi connectivity index (χ3v) is 4.40. The molecule has 2 rings (SSSR count). The number of benzene rings is 1. The minimum absolute atomic E-state index is 0.00367. The molecule has 0 radical (unpaired) electrons. The number of halogens is 3. The zero-order valence-electron chi connectivity index (χ0n) is 13.4. The largest absolute Gasteiger partial charge is 0.373 e. The van der Waals surface area contributed by atoms with Crippen LogP contribution < -0.4 is 5.32 Å². The highest BCUT2D eigenvalue weighted by Gasteiger charge is 2.41. The number of rotatable bonds is 3. The van der Waals surface area contributed by atoms with E-state index in [1.165, 1.54) is 0 Å². The van der Waals surface area contributed by atoms with Crippen molar-refractivity contribution in [2.75, 3.05) is 13.1 Å². The quantitative estimate of drug-likeness (QED) is 0.817. The summed E-state index contributed by atoms with van der Waals surface area (Å²) in [5.74, 6) is -0.258. The van der Waals surface area contributed by atoms with Gasteiger partial charge >= 0.3 is 0 Å². The summed E-state index contributed by atoms with van der Waals surface area (Å²) < 4.78 is 4.06. The van der Waals surface area contributed by atoms with Gasteiger partial charge in [0.1, 0.15) is 6.17 Å². The summed E-state index contributed by atoms with van der Waals surface area (Å²) in [4.78, 5) is 14.5. The van der Waals surface area contributed by atoms with Gasteiger partial charge in [0, 0.05) is 18.7 Å². The zero-order valence-corrected chi connectivity index (χ0v) is 15.6. The van der Waals surface area contributed by atoms with Crippen molar-refractivity contribution in [1.82, 2.24) is 10.2 Å². The maximum absolute atomic E-state index is 12.6. The lowest BCUT2D eigenvalue weighted by Gasteiger charge is -2.42. The predicted octanol–water partition coefficient (Wildman–Crippen LogP) is 3.53. The van der Waals surface area contributed by atoms with Crippen LogP contribution in [-0.4, -0.2) is 46.1 Å². The van der Waals surface area contributed by atoms with Gasteiger partial charge in [0.2, 0.25) is 3.79 Å². The Balaban J connectivity index is 2.20. The van der Waals surface area contributed by atoms with Crippen molar-refractivity contribution in [1.29, 1.82) is 0 Å². The van der Waals surface area contributed by atoms with Crippen LogP contribution in [0.5, 0.6) is 0 Å². The van der Waals surface area contributed by atoms with Gasteiger partial charge in [-0.25, -0.2) is 0 Å². The topological polar surface area (TPSA) is 41.6 Å². The highest BCUT2D eigenvalue weighted by atomic mass is 35.6. The van der Waals surface area contributed by atoms with Gasteiger partial charge in [-0.05, 0) is 32.4 Å². The molecule has 0 spiro atoms. The first-order chi connectivity index (χ1) is 10.7. The maximum Gasteiger partial charge on any atom is 0.252 e. The van der Waals surface area contributed by atoms with Crippen LogP contribution in [-0.2, 0) is 4.74 Å². The zero-order chi connectivity index (χ0) is 17.2. The first-order valence-electron chi connectivity index (χ1n) is 7.51. The number of alkyl halides is 3. The molecule has 1 aromatic carbocycles. The van der Waals surface area contributed by atoms with Crippen molar-refractivity contribution < 1.29 is 9.53 Å². The van der Waals surface area contributed by atoms with E-state index in [2.05, 4.69) is 5.32 Å². The van der Waals surface area contributed by atoms with Crippen LogP contribution in [0.15, 0.2) is 24.3 Å². The molecular formula is C16H21Cl3N2O2. The van der Waals surface area contributed by atoms with E-state index < -0.39 is 9.96 Å². The molecule has 1 aliphatic rings. The standard InChI is InChI=1S/C16H21Cl3N2O2/c1-10-6-4-5-7-13(10)14(22)20-15(16(17,18)19)21-8-11(2)23-12(3)9-21/h4-7,11-12,15H,8-9H2,1-3H3,(H,20,22)/t11-,12-,15-/m1/s1. The second-order valence-corrected chi connectivity index (χ2v) is 8.31. The highest BCUT2D eigenvalue weighted by molar-refractivity contribution is 6.68. The van der Waals surface area contributed by atoms with E-state index in [9.17, 15) is 4.79 Å². The lowest BCUT2D eigenvalue weighted by molar-refractivity contribution is -0.0826. The molecule has 0 aromatic heterocycles. The minimum atomic E-state index is -1.64. The molecule has 7 heteroatoms. The maximum atomic E-state index is 12.6. The number of nitrogens with one attached hydrogen (secondary N) is 1. The van der Waals surface area contributed by atoms with Gasteiger partial charge in [0.15, 0.2) is 0 Å². The van der Waals surface area contributed by atoms with Crippen LogP contribution in [0.3, 0.4) is 0 Å². The van der Waals surface area contributed by atoms with E-state index in [1.807, 2.05) is 43.9 Å². The second kappa shape index (κ2) is 7.58. The molecule has 4 nitrogen and oxygen atoms in total. The van der Waals surface area contributed by atoms with Crippen molar-refractivity contribution in [3.8, 4) is 0 Å². The summed E-state index contributed by atoms with van der Waals surface area (Å²) >= 11 is 18.4. The van der Waals surface area contributed by atoms with E-state index in [0.717, 1.165) is 5.56 Å². The van der Waals surface area contributed by atoms with Gasteiger partial charge in [-0.1, -0.05) is 53.0 Å². The van der Waals surface area contributed by atoms with Gasteiger partial charge in [-0.15, -0.1) is 0 Å². The second-order valence-electron chi connectivity index (χ2n) is 5.94. The van der Waals surface area contributed by atoms with Crippen molar-refractivity contribution in [3.05, 3.63) is 35.4 Å². The van der Waals surface area contributed by atoms with Crippen LogP contribution in [0.1, 0.15) is 29.8 Å². The predicted molar refractivity (Wildman–Crippen MR) is 94.3 cm³/mol. The fourth-order valence-corrected chi connectivity index (χ4v) is 3.42. The van der Waals surface area contributed by atoms with E-state index in [4.69, 9.17) is 39.5 Å². The first kappa shape index (κ1) is 18.8. The Morgan fingerprint density at radius 1 is 1.26 bits per heavy atom. The Morgan fingerprint density at radius 3 is 2.35 bits per heavy atom. The molecule has 1 saturated heterocycles. The monoisotopic (exact) mass is 378 g/mol. The third-order valence-electron chi connectivity index (χ3n) is 3.78. The molecule has 128 valence electrons. The Hall–Kier alpha value is -0.520. The van der Waals surface area contributed by atoms with Gasteiger partial charge < -0.3 is 10.1 Å². The average Bonchev–Trinajstić information content (AvgIpc) is 2.42. The van der Waals surface area contributed by atoms with Gasteiger partial charge in [-0.3, -0.25) is 9.69 Å². The normalized spacial score (nSPS) is 24.3. The molecule has 3 atom stereocenters. The number of carbonyl (C=O) groups is 1. The molecule has 23 heavy (non-hydrogen) atoms. The van der Waals surface area contributed by atoms with Crippen LogP contribution in [0, 0.1) is 6.92 Å². The van der Waals surface area contributed by atoms with Crippen LogP contribution >= 0.6 is 34.8 Å². The van der Waals surface area contributed by atoms with E-state index in [0.29, 0.717) is 18.7 Å². The van der Waals surface area contributed by atoms with Crippen LogP contribution in [0.2, 0.25) is 0 Å². The van der Waals surface area contributed by atoms with E-state index in [-0.39, 0.29) is 18.1 Å². The Labute approximate surface area is 152 Å². The molecule has 0 unspecified atom stereocenters. The van der Waals surface area contributed by atoms with Crippen LogP contribution in [0.4, 0.5) is 0 Å². The van der Waals surface area contributed by atoms with Crippen molar-refractivity contribution in [2.45, 2.75) is 42.9 Å². The fraction of sp³-hybridized carbons (Fsp3) is 0.562. The summed E-state index contributed by atoms with van der Waals surface area (Å²) in [6.45, 7) is 6.95. The molecule has 1 fully saturated rings. The van der Waals surface area contributed by atoms with E-state index >= 15 is 0 Å². The molecule has 1 heterocycles. The lowest BCUT2D eigenvalue weighted by atomic mass is 10.1. The number of aryl methyl sites for hydroxylation is 1. The summed E-state index contributed by atoms with van der Waals surface area (Å²) in [6, 6.07) is 7.32. The van der Waals surface area contributed by atoms with E-state index in [1.54, 1.807) is 6.07 Å².